The van der Waals surface area contributed by atoms with Crippen LogP contribution >= 0.6 is 0 Å². The SMILES string of the molecule is CC(C)n1c(=O)cc(N[C@H](CC(=O)O)c2ccc(F)c(F)c2)[nH]c1=O. The summed E-state index contributed by atoms with van der Waals surface area (Å²) in [5.74, 6) is -3.40. The quantitative estimate of drug-likeness (QED) is 0.737. The Labute approximate surface area is 140 Å². The molecule has 0 bridgehead atoms. The Morgan fingerprint density at radius 3 is 2.44 bits per heavy atom. The maximum Gasteiger partial charge on any atom is 0.330 e. The van der Waals surface area contributed by atoms with Crippen molar-refractivity contribution in [3.8, 4) is 0 Å². The van der Waals surface area contributed by atoms with Crippen molar-refractivity contribution in [3.05, 3.63) is 62.3 Å². The second-order valence-electron chi connectivity index (χ2n) is 5.76. The highest BCUT2D eigenvalue weighted by atomic mass is 19.2. The molecule has 1 aromatic carbocycles. The smallest absolute Gasteiger partial charge is 0.330 e. The van der Waals surface area contributed by atoms with Crippen LogP contribution in [-0.4, -0.2) is 20.6 Å². The number of aliphatic carboxylic acids is 1. The van der Waals surface area contributed by atoms with Gasteiger partial charge in [-0.25, -0.2) is 13.6 Å². The van der Waals surface area contributed by atoms with Crippen LogP contribution in [0, 0.1) is 11.6 Å². The number of aromatic amines is 1. The number of aromatic nitrogens is 2. The van der Waals surface area contributed by atoms with Gasteiger partial charge in [-0.2, -0.15) is 0 Å². The number of nitrogens with zero attached hydrogens (tertiary/aromatic N) is 1. The number of carboxylic acid groups (broad SMARTS) is 1. The van der Waals surface area contributed by atoms with Gasteiger partial charge in [0.1, 0.15) is 5.82 Å². The van der Waals surface area contributed by atoms with Crippen LogP contribution < -0.4 is 16.6 Å². The van der Waals surface area contributed by atoms with E-state index in [-0.39, 0.29) is 17.4 Å². The minimum atomic E-state index is -1.19. The molecule has 3 N–H and O–H groups in total. The second-order valence-corrected chi connectivity index (χ2v) is 5.76. The van der Waals surface area contributed by atoms with E-state index < -0.39 is 41.3 Å². The molecule has 0 aliphatic rings. The Kier molecular flexibility index (Phi) is 5.35. The molecular weight excluding hydrogens is 336 g/mol. The Hall–Kier alpha value is -2.97. The molecule has 1 aromatic heterocycles. The van der Waals surface area contributed by atoms with Gasteiger partial charge >= 0.3 is 11.7 Å². The number of H-pyrrole nitrogens is 1. The van der Waals surface area contributed by atoms with Gasteiger partial charge in [-0.1, -0.05) is 6.07 Å². The molecule has 0 spiro atoms. The predicted molar refractivity (Wildman–Crippen MR) is 86.7 cm³/mol. The van der Waals surface area contributed by atoms with Gasteiger partial charge in [-0.3, -0.25) is 19.1 Å². The van der Waals surface area contributed by atoms with Crippen LogP contribution in [0.5, 0.6) is 0 Å². The van der Waals surface area contributed by atoms with Crippen LogP contribution in [0.15, 0.2) is 33.9 Å². The monoisotopic (exact) mass is 353 g/mol. The van der Waals surface area contributed by atoms with Crippen molar-refractivity contribution >= 4 is 11.8 Å². The topological polar surface area (TPSA) is 104 Å². The lowest BCUT2D eigenvalue weighted by Gasteiger charge is -2.19. The molecule has 2 rings (SSSR count). The number of hydrogen-bond donors (Lipinski definition) is 3. The van der Waals surface area contributed by atoms with Crippen LogP contribution in [0.2, 0.25) is 0 Å². The van der Waals surface area contributed by atoms with E-state index in [0.717, 1.165) is 22.8 Å². The number of benzene rings is 1. The van der Waals surface area contributed by atoms with E-state index in [1.165, 1.54) is 6.07 Å². The molecular formula is C16H17F2N3O4. The van der Waals surface area contributed by atoms with Crippen LogP contribution in [-0.2, 0) is 4.79 Å². The van der Waals surface area contributed by atoms with Gasteiger partial charge in [-0.15, -0.1) is 0 Å². The number of nitrogens with one attached hydrogen (secondary N) is 2. The largest absolute Gasteiger partial charge is 0.481 e. The average molecular weight is 353 g/mol. The fourth-order valence-corrected chi connectivity index (χ4v) is 2.42. The molecule has 1 atom stereocenters. The van der Waals surface area contributed by atoms with Gasteiger partial charge in [0, 0.05) is 12.1 Å². The summed E-state index contributed by atoms with van der Waals surface area (Å²) in [6.45, 7) is 3.33. The zero-order valence-corrected chi connectivity index (χ0v) is 13.5. The lowest BCUT2D eigenvalue weighted by atomic mass is 10.0. The lowest BCUT2D eigenvalue weighted by Crippen LogP contribution is -2.36. The highest BCUT2D eigenvalue weighted by Gasteiger charge is 2.19. The van der Waals surface area contributed by atoms with E-state index in [4.69, 9.17) is 5.11 Å². The standard InChI is InChI=1S/C16H17F2N3O4/c1-8(2)21-14(22)7-13(20-16(21)25)19-12(6-15(23)24)9-3-4-10(17)11(18)5-9/h3-5,7-8,12,19H,6H2,1-2H3,(H,20,25)(H,23,24)/t12-/m1/s1. The van der Waals surface area contributed by atoms with Crippen molar-refractivity contribution in [2.75, 3.05) is 5.32 Å². The van der Waals surface area contributed by atoms with Gasteiger partial charge < -0.3 is 10.4 Å². The highest BCUT2D eigenvalue weighted by Crippen LogP contribution is 2.23. The van der Waals surface area contributed by atoms with Crippen molar-refractivity contribution in [2.24, 2.45) is 0 Å². The van der Waals surface area contributed by atoms with Gasteiger partial charge in [0.25, 0.3) is 5.56 Å². The summed E-state index contributed by atoms with van der Waals surface area (Å²) in [6, 6.07) is 2.75. The van der Waals surface area contributed by atoms with Crippen LogP contribution in [0.25, 0.3) is 0 Å². The molecule has 25 heavy (non-hydrogen) atoms. The Morgan fingerprint density at radius 2 is 1.92 bits per heavy atom. The van der Waals surface area contributed by atoms with Gasteiger partial charge in [0.2, 0.25) is 0 Å². The minimum absolute atomic E-state index is 0.0112. The first-order chi connectivity index (χ1) is 11.7. The third-order valence-electron chi connectivity index (χ3n) is 3.54. The maximum atomic E-state index is 13.4. The molecule has 0 unspecified atom stereocenters. The third kappa shape index (κ3) is 4.31. The zero-order chi connectivity index (χ0) is 18.7. The molecule has 0 saturated heterocycles. The van der Waals surface area contributed by atoms with Crippen LogP contribution in [0.1, 0.15) is 37.9 Å². The first kappa shape index (κ1) is 18.4. The van der Waals surface area contributed by atoms with Crippen LogP contribution in [0.3, 0.4) is 0 Å². The zero-order valence-electron chi connectivity index (χ0n) is 13.5. The summed E-state index contributed by atoms with van der Waals surface area (Å²) in [4.78, 5) is 37.5. The number of rotatable bonds is 6. The summed E-state index contributed by atoms with van der Waals surface area (Å²) in [5, 5.41) is 11.7. The normalized spacial score (nSPS) is 12.2. The summed E-state index contributed by atoms with van der Waals surface area (Å²) >= 11 is 0. The summed E-state index contributed by atoms with van der Waals surface area (Å²) in [6.07, 6.45) is -0.472. The van der Waals surface area contributed by atoms with Crippen molar-refractivity contribution in [1.29, 1.82) is 0 Å². The fraction of sp³-hybridized carbons (Fsp3) is 0.312. The maximum absolute atomic E-state index is 13.4. The Morgan fingerprint density at radius 1 is 1.24 bits per heavy atom. The fourth-order valence-electron chi connectivity index (χ4n) is 2.42. The second kappa shape index (κ2) is 7.29. The van der Waals surface area contributed by atoms with E-state index in [1.807, 2.05) is 0 Å². The number of halogens is 2. The number of carbonyl (C=O) groups is 1. The summed E-state index contributed by atoms with van der Waals surface area (Å²) < 4.78 is 27.5. The van der Waals surface area contributed by atoms with E-state index in [0.29, 0.717) is 0 Å². The van der Waals surface area contributed by atoms with Crippen molar-refractivity contribution in [2.45, 2.75) is 32.4 Å². The van der Waals surface area contributed by atoms with Crippen molar-refractivity contribution in [1.82, 2.24) is 9.55 Å². The van der Waals surface area contributed by atoms with Gasteiger partial charge in [0.15, 0.2) is 11.6 Å². The average Bonchev–Trinajstić information content (AvgIpc) is 2.47. The van der Waals surface area contributed by atoms with Crippen LogP contribution in [0.4, 0.5) is 14.6 Å². The molecule has 2 aromatic rings. The minimum Gasteiger partial charge on any atom is -0.481 e. The summed E-state index contributed by atoms with van der Waals surface area (Å²) in [5.41, 5.74) is -1.07. The third-order valence-corrected chi connectivity index (χ3v) is 3.54. The van der Waals surface area contributed by atoms with E-state index >= 15 is 0 Å². The summed E-state index contributed by atoms with van der Waals surface area (Å²) in [7, 11) is 0. The molecule has 0 fully saturated rings. The number of anilines is 1. The molecule has 0 aliphatic carbocycles. The predicted octanol–water partition coefficient (Wildman–Crippen LogP) is 2.02. The van der Waals surface area contributed by atoms with E-state index in [2.05, 4.69) is 10.3 Å². The number of carboxylic acids is 1. The first-order valence-corrected chi connectivity index (χ1v) is 7.48. The molecule has 9 heteroatoms. The molecule has 0 saturated carbocycles. The molecule has 0 amide bonds. The van der Waals surface area contributed by atoms with Crippen molar-refractivity contribution in [3.63, 3.8) is 0 Å². The number of hydrogen-bond acceptors (Lipinski definition) is 4. The molecule has 1 heterocycles. The molecule has 0 aliphatic heterocycles. The van der Waals surface area contributed by atoms with Gasteiger partial charge in [0.05, 0.1) is 12.5 Å². The lowest BCUT2D eigenvalue weighted by molar-refractivity contribution is -0.137. The Bertz CT molecular complexity index is 874. The van der Waals surface area contributed by atoms with Crippen molar-refractivity contribution < 1.29 is 18.7 Å². The van der Waals surface area contributed by atoms with E-state index in [9.17, 15) is 23.2 Å². The molecule has 134 valence electrons. The van der Waals surface area contributed by atoms with Gasteiger partial charge in [-0.05, 0) is 31.5 Å². The highest BCUT2D eigenvalue weighted by molar-refractivity contribution is 5.68. The molecule has 7 nitrogen and oxygen atoms in total. The van der Waals surface area contributed by atoms with E-state index in [1.54, 1.807) is 13.8 Å². The first-order valence-electron chi connectivity index (χ1n) is 7.48. The Balaban J connectivity index is 2.41. The molecule has 0 radical (unpaired) electrons.